The van der Waals surface area contributed by atoms with Crippen molar-refractivity contribution < 1.29 is 4.79 Å². The zero-order valence-electron chi connectivity index (χ0n) is 14.9. The summed E-state index contributed by atoms with van der Waals surface area (Å²) in [4.78, 5) is 19.1. The predicted octanol–water partition coefficient (Wildman–Crippen LogP) is 4.13. The van der Waals surface area contributed by atoms with E-state index in [-0.39, 0.29) is 5.91 Å². The van der Waals surface area contributed by atoms with Gasteiger partial charge in [-0.2, -0.15) is 0 Å². The Morgan fingerprint density at radius 1 is 1.25 bits per heavy atom. The summed E-state index contributed by atoms with van der Waals surface area (Å²) in [5.41, 5.74) is 3.23. The van der Waals surface area contributed by atoms with Crippen molar-refractivity contribution in [2.24, 2.45) is 5.92 Å². The van der Waals surface area contributed by atoms with Crippen LogP contribution < -0.4 is 0 Å². The Bertz CT molecular complexity index is 678. The van der Waals surface area contributed by atoms with Gasteiger partial charge in [-0.25, -0.2) is 4.98 Å². The SMILES string of the molecule is Cc1ccc(C)n1-c1nc(CC(=O)N(C)CC2CCCCC2)cs1. The van der Waals surface area contributed by atoms with Crippen molar-refractivity contribution in [3.8, 4) is 5.13 Å². The topological polar surface area (TPSA) is 38.1 Å². The number of amides is 1. The van der Waals surface area contributed by atoms with Gasteiger partial charge in [-0.1, -0.05) is 19.3 Å². The molecular weight excluding hydrogens is 318 g/mol. The highest BCUT2D eigenvalue weighted by molar-refractivity contribution is 7.12. The fourth-order valence-electron chi connectivity index (χ4n) is 3.60. The first-order valence-corrected chi connectivity index (χ1v) is 9.76. The second kappa shape index (κ2) is 7.51. The molecule has 1 amide bonds. The van der Waals surface area contributed by atoms with E-state index in [1.165, 1.54) is 43.5 Å². The van der Waals surface area contributed by atoms with Gasteiger partial charge in [0, 0.05) is 30.4 Å². The number of likely N-dealkylation sites (N-methyl/N-ethyl adjacent to an activating group) is 1. The standard InChI is InChI=1S/C19H27N3OS/c1-14-9-10-15(2)22(14)19-20-17(13-24-19)11-18(23)21(3)12-16-7-5-4-6-8-16/h9-10,13,16H,4-8,11-12H2,1-3H3. The first-order chi connectivity index (χ1) is 11.5. The molecule has 24 heavy (non-hydrogen) atoms. The third kappa shape index (κ3) is 3.89. The lowest BCUT2D eigenvalue weighted by atomic mass is 9.89. The predicted molar refractivity (Wildman–Crippen MR) is 98.8 cm³/mol. The second-order valence-electron chi connectivity index (χ2n) is 7.03. The molecule has 2 aromatic rings. The lowest BCUT2D eigenvalue weighted by Crippen LogP contribution is -2.33. The summed E-state index contributed by atoms with van der Waals surface area (Å²) in [5, 5.41) is 2.97. The first-order valence-electron chi connectivity index (χ1n) is 8.88. The van der Waals surface area contributed by atoms with E-state index in [1.807, 2.05) is 17.3 Å². The van der Waals surface area contributed by atoms with Crippen LogP contribution in [0.25, 0.3) is 5.13 Å². The van der Waals surface area contributed by atoms with Gasteiger partial charge in [0.05, 0.1) is 12.1 Å². The van der Waals surface area contributed by atoms with Crippen LogP contribution in [-0.2, 0) is 11.2 Å². The van der Waals surface area contributed by atoms with Crippen molar-refractivity contribution >= 4 is 17.2 Å². The number of hydrogen-bond donors (Lipinski definition) is 0. The van der Waals surface area contributed by atoms with Crippen molar-refractivity contribution in [3.63, 3.8) is 0 Å². The smallest absolute Gasteiger partial charge is 0.228 e. The fourth-order valence-corrected chi connectivity index (χ4v) is 4.54. The number of carbonyl (C=O) groups is 1. The summed E-state index contributed by atoms with van der Waals surface area (Å²) >= 11 is 1.61. The molecular formula is C19H27N3OS. The molecule has 0 aliphatic heterocycles. The highest BCUT2D eigenvalue weighted by Gasteiger charge is 2.19. The molecule has 0 saturated heterocycles. The van der Waals surface area contributed by atoms with Crippen molar-refractivity contribution in [3.05, 3.63) is 34.6 Å². The van der Waals surface area contributed by atoms with Gasteiger partial charge in [-0.3, -0.25) is 9.36 Å². The van der Waals surface area contributed by atoms with E-state index in [1.54, 1.807) is 11.3 Å². The van der Waals surface area contributed by atoms with Gasteiger partial charge >= 0.3 is 0 Å². The number of nitrogens with zero attached hydrogens (tertiary/aromatic N) is 3. The first kappa shape index (κ1) is 17.2. The molecule has 0 aromatic carbocycles. The molecule has 1 saturated carbocycles. The molecule has 4 nitrogen and oxygen atoms in total. The van der Waals surface area contributed by atoms with Crippen molar-refractivity contribution in [1.29, 1.82) is 0 Å². The molecule has 1 fully saturated rings. The Hall–Kier alpha value is -1.62. The quantitative estimate of drug-likeness (QED) is 0.817. The average Bonchev–Trinajstić information content (AvgIpc) is 3.14. The number of carbonyl (C=O) groups excluding carboxylic acids is 1. The number of rotatable bonds is 5. The Morgan fingerprint density at radius 2 is 1.92 bits per heavy atom. The van der Waals surface area contributed by atoms with Crippen LogP contribution in [0.5, 0.6) is 0 Å². The number of aryl methyl sites for hydroxylation is 2. The maximum atomic E-state index is 12.5. The highest BCUT2D eigenvalue weighted by Crippen LogP contribution is 2.24. The van der Waals surface area contributed by atoms with Gasteiger partial charge in [0.15, 0.2) is 5.13 Å². The lowest BCUT2D eigenvalue weighted by Gasteiger charge is -2.27. The van der Waals surface area contributed by atoms with E-state index in [4.69, 9.17) is 0 Å². The van der Waals surface area contributed by atoms with Crippen LogP contribution in [-0.4, -0.2) is 34.0 Å². The minimum atomic E-state index is 0.179. The molecule has 130 valence electrons. The molecule has 0 unspecified atom stereocenters. The minimum Gasteiger partial charge on any atom is -0.345 e. The maximum absolute atomic E-state index is 12.5. The molecule has 3 rings (SSSR count). The number of aromatic nitrogens is 2. The van der Waals surface area contributed by atoms with Gasteiger partial charge in [0.1, 0.15) is 0 Å². The summed E-state index contributed by atoms with van der Waals surface area (Å²) in [6.45, 7) is 5.06. The van der Waals surface area contributed by atoms with Gasteiger partial charge < -0.3 is 4.90 Å². The third-order valence-electron chi connectivity index (χ3n) is 5.02. The molecule has 0 atom stereocenters. The largest absolute Gasteiger partial charge is 0.345 e. The Kier molecular flexibility index (Phi) is 5.39. The number of thiazole rings is 1. The van der Waals surface area contributed by atoms with Crippen LogP contribution in [0.1, 0.15) is 49.2 Å². The number of hydrogen-bond acceptors (Lipinski definition) is 3. The summed E-state index contributed by atoms with van der Waals surface area (Å²) in [6, 6.07) is 4.19. The highest BCUT2D eigenvalue weighted by atomic mass is 32.1. The van der Waals surface area contributed by atoms with Crippen LogP contribution in [0.2, 0.25) is 0 Å². The van der Waals surface area contributed by atoms with Crippen LogP contribution in [0.15, 0.2) is 17.5 Å². The zero-order chi connectivity index (χ0) is 17.1. The molecule has 2 heterocycles. The molecule has 2 aromatic heterocycles. The fraction of sp³-hybridized carbons (Fsp3) is 0.579. The molecule has 1 aliphatic carbocycles. The summed E-state index contributed by atoms with van der Waals surface area (Å²) in [7, 11) is 1.93. The van der Waals surface area contributed by atoms with Gasteiger partial charge in [-0.05, 0) is 44.7 Å². The Morgan fingerprint density at radius 3 is 2.58 bits per heavy atom. The molecule has 0 radical (unpaired) electrons. The van der Waals surface area contributed by atoms with E-state index >= 15 is 0 Å². The van der Waals surface area contributed by atoms with E-state index in [2.05, 4.69) is 35.5 Å². The van der Waals surface area contributed by atoms with Crippen molar-refractivity contribution in [2.45, 2.75) is 52.4 Å². The van der Waals surface area contributed by atoms with E-state index in [0.717, 1.165) is 17.4 Å². The summed E-state index contributed by atoms with van der Waals surface area (Å²) in [6.07, 6.45) is 6.93. The normalized spacial score (nSPS) is 15.6. The monoisotopic (exact) mass is 345 g/mol. The minimum absolute atomic E-state index is 0.179. The average molecular weight is 346 g/mol. The molecule has 0 N–H and O–H groups in total. The second-order valence-corrected chi connectivity index (χ2v) is 7.86. The maximum Gasteiger partial charge on any atom is 0.228 e. The molecule has 5 heteroatoms. The van der Waals surface area contributed by atoms with Gasteiger partial charge in [0.2, 0.25) is 5.91 Å². The van der Waals surface area contributed by atoms with E-state index in [0.29, 0.717) is 12.3 Å². The van der Waals surface area contributed by atoms with Crippen LogP contribution in [0.3, 0.4) is 0 Å². The van der Waals surface area contributed by atoms with E-state index < -0.39 is 0 Å². The summed E-state index contributed by atoms with van der Waals surface area (Å²) < 4.78 is 2.14. The van der Waals surface area contributed by atoms with Crippen molar-refractivity contribution in [1.82, 2.24) is 14.5 Å². The van der Waals surface area contributed by atoms with Crippen LogP contribution in [0.4, 0.5) is 0 Å². The zero-order valence-corrected chi connectivity index (χ0v) is 15.7. The van der Waals surface area contributed by atoms with E-state index in [9.17, 15) is 4.79 Å². The van der Waals surface area contributed by atoms with Crippen molar-refractivity contribution in [2.75, 3.05) is 13.6 Å². The van der Waals surface area contributed by atoms with Gasteiger partial charge in [0.25, 0.3) is 0 Å². The molecule has 1 aliphatic rings. The van der Waals surface area contributed by atoms with Crippen LogP contribution in [0, 0.1) is 19.8 Å². The third-order valence-corrected chi connectivity index (χ3v) is 5.89. The molecule has 0 spiro atoms. The Labute approximate surface area is 148 Å². The Balaban J connectivity index is 1.60. The molecule has 0 bridgehead atoms. The van der Waals surface area contributed by atoms with Crippen LogP contribution >= 0.6 is 11.3 Å². The summed E-state index contributed by atoms with van der Waals surface area (Å²) in [5.74, 6) is 0.863. The lowest BCUT2D eigenvalue weighted by molar-refractivity contribution is -0.129. The van der Waals surface area contributed by atoms with Gasteiger partial charge in [-0.15, -0.1) is 11.3 Å².